The maximum Gasteiger partial charge on any atom is 0.326 e. The van der Waals surface area contributed by atoms with Gasteiger partial charge in [-0.3, -0.25) is 10.1 Å². The number of nitrogens with zero attached hydrogens (tertiary/aromatic N) is 1. The molecule has 3 rings (SSSR count). The van der Waals surface area contributed by atoms with E-state index in [9.17, 15) is 9.59 Å². The van der Waals surface area contributed by atoms with Gasteiger partial charge >= 0.3 is 6.03 Å². The van der Waals surface area contributed by atoms with E-state index in [1.165, 1.54) is 0 Å². The highest BCUT2D eigenvalue weighted by Crippen LogP contribution is 2.27. The first-order valence-electron chi connectivity index (χ1n) is 7.29. The van der Waals surface area contributed by atoms with E-state index in [1.54, 1.807) is 18.2 Å². The summed E-state index contributed by atoms with van der Waals surface area (Å²) in [7, 11) is 0. The second kappa shape index (κ2) is 5.42. The minimum absolute atomic E-state index is 0.0435. The van der Waals surface area contributed by atoms with E-state index in [-0.39, 0.29) is 17.2 Å². The predicted molar refractivity (Wildman–Crippen MR) is 86.6 cm³/mol. The fourth-order valence-electron chi connectivity index (χ4n) is 2.25. The number of nitrogens with one attached hydrogen (secondary N) is 3. The van der Waals surface area contributed by atoms with Gasteiger partial charge in [-0.25, -0.2) is 4.79 Å². The van der Waals surface area contributed by atoms with Gasteiger partial charge in [0.15, 0.2) is 0 Å². The zero-order valence-electron chi connectivity index (χ0n) is 13.2. The van der Waals surface area contributed by atoms with Gasteiger partial charge in [0.2, 0.25) is 11.8 Å². The summed E-state index contributed by atoms with van der Waals surface area (Å²) < 4.78 is 5.11. The number of aromatic nitrogens is 1. The normalized spacial score (nSPS) is 13.4. The van der Waals surface area contributed by atoms with Crippen LogP contribution >= 0.6 is 0 Å². The lowest BCUT2D eigenvalue weighted by atomic mass is 9.92. The fraction of sp³-hybridized carbons (Fsp3) is 0.312. The van der Waals surface area contributed by atoms with Crippen molar-refractivity contribution in [3.8, 4) is 0 Å². The number of hydrogen-bond acceptors (Lipinski definition) is 4. The summed E-state index contributed by atoms with van der Waals surface area (Å²) in [5.74, 6) is 0.236. The smallest absolute Gasteiger partial charge is 0.326 e. The molecule has 1 aromatic carbocycles. The molecule has 0 fully saturated rings. The molecule has 0 bridgehead atoms. The van der Waals surface area contributed by atoms with E-state index >= 15 is 0 Å². The van der Waals surface area contributed by atoms with E-state index in [0.717, 1.165) is 16.9 Å². The van der Waals surface area contributed by atoms with Crippen LogP contribution in [0.15, 0.2) is 28.8 Å². The summed E-state index contributed by atoms with van der Waals surface area (Å²) in [6.07, 6.45) is 0.370. The molecule has 1 aliphatic heterocycles. The van der Waals surface area contributed by atoms with Crippen molar-refractivity contribution >= 4 is 29.2 Å². The molecule has 0 saturated heterocycles. The number of carbonyl (C=O) groups is 2. The second-order valence-electron chi connectivity index (χ2n) is 6.50. The first-order valence-corrected chi connectivity index (χ1v) is 7.29. The van der Waals surface area contributed by atoms with Crippen LogP contribution in [0, 0.1) is 0 Å². The van der Waals surface area contributed by atoms with Gasteiger partial charge in [0.05, 0.1) is 12.1 Å². The Morgan fingerprint density at radius 3 is 2.74 bits per heavy atom. The molecule has 7 heteroatoms. The highest BCUT2D eigenvalue weighted by Gasteiger charge is 2.20. The zero-order chi connectivity index (χ0) is 16.6. The molecule has 23 heavy (non-hydrogen) atoms. The average Bonchev–Trinajstić information content (AvgIpc) is 3.03. The van der Waals surface area contributed by atoms with Crippen LogP contribution in [0.3, 0.4) is 0 Å². The molecule has 0 atom stereocenters. The average molecular weight is 314 g/mol. The number of fused-ring (bicyclic) bond motifs is 1. The first-order chi connectivity index (χ1) is 10.8. The molecule has 0 spiro atoms. The first kappa shape index (κ1) is 15.1. The lowest BCUT2D eigenvalue weighted by molar-refractivity contribution is -0.115. The third-order valence-corrected chi connectivity index (χ3v) is 3.51. The maximum atomic E-state index is 12.0. The van der Waals surface area contributed by atoms with E-state index < -0.39 is 6.03 Å². The fourth-order valence-corrected chi connectivity index (χ4v) is 2.25. The Morgan fingerprint density at radius 2 is 2.04 bits per heavy atom. The molecule has 1 aliphatic rings. The van der Waals surface area contributed by atoms with Crippen LogP contribution in [-0.4, -0.2) is 17.1 Å². The highest BCUT2D eigenvalue weighted by atomic mass is 16.5. The second-order valence-corrected chi connectivity index (χ2v) is 6.50. The summed E-state index contributed by atoms with van der Waals surface area (Å²) in [5.41, 5.74) is 2.83. The van der Waals surface area contributed by atoms with Crippen molar-refractivity contribution in [2.24, 2.45) is 0 Å². The molecule has 3 N–H and O–H groups in total. The van der Waals surface area contributed by atoms with Crippen LogP contribution in [-0.2, 0) is 16.6 Å². The van der Waals surface area contributed by atoms with Crippen molar-refractivity contribution in [2.75, 3.05) is 16.0 Å². The molecule has 1 aromatic heterocycles. The number of amides is 3. The lowest BCUT2D eigenvalue weighted by Crippen LogP contribution is -2.19. The number of carbonyl (C=O) groups excluding carboxylic acids is 2. The summed E-state index contributed by atoms with van der Waals surface area (Å²) in [5, 5.41) is 12.0. The number of hydrogen-bond donors (Lipinski definition) is 3. The molecule has 3 amide bonds. The van der Waals surface area contributed by atoms with E-state index in [2.05, 4.69) is 21.1 Å². The van der Waals surface area contributed by atoms with Crippen molar-refractivity contribution in [1.29, 1.82) is 0 Å². The summed E-state index contributed by atoms with van der Waals surface area (Å²) in [6, 6.07) is 6.55. The number of rotatable bonds is 2. The molecule has 0 unspecified atom stereocenters. The monoisotopic (exact) mass is 314 g/mol. The van der Waals surface area contributed by atoms with Crippen molar-refractivity contribution in [1.82, 2.24) is 5.16 Å². The third-order valence-electron chi connectivity index (χ3n) is 3.51. The van der Waals surface area contributed by atoms with Gasteiger partial charge in [0, 0.05) is 22.9 Å². The molecule has 2 aromatic rings. The zero-order valence-corrected chi connectivity index (χ0v) is 13.2. The number of urea groups is 1. The van der Waals surface area contributed by atoms with Gasteiger partial charge in [0.1, 0.15) is 0 Å². The van der Waals surface area contributed by atoms with Crippen LogP contribution < -0.4 is 16.0 Å². The highest BCUT2D eigenvalue weighted by molar-refractivity contribution is 6.02. The summed E-state index contributed by atoms with van der Waals surface area (Å²) in [6.45, 7) is 6.02. The van der Waals surface area contributed by atoms with E-state index in [4.69, 9.17) is 4.52 Å². The minimum Gasteiger partial charge on any atom is -0.338 e. The molecule has 2 heterocycles. The Balaban J connectivity index is 1.65. The van der Waals surface area contributed by atoms with E-state index in [0.29, 0.717) is 12.1 Å². The van der Waals surface area contributed by atoms with Crippen molar-refractivity contribution in [2.45, 2.75) is 32.6 Å². The molecule has 0 saturated carbocycles. The Hall–Kier alpha value is -2.83. The molecule has 7 nitrogen and oxygen atoms in total. The van der Waals surface area contributed by atoms with Crippen LogP contribution in [0.1, 0.15) is 32.0 Å². The Kier molecular flexibility index (Phi) is 3.55. The third kappa shape index (κ3) is 3.33. The van der Waals surface area contributed by atoms with Crippen molar-refractivity contribution in [3.05, 3.63) is 35.5 Å². The van der Waals surface area contributed by atoms with E-state index in [1.807, 2.05) is 26.8 Å². The van der Waals surface area contributed by atoms with Crippen LogP contribution in [0.5, 0.6) is 0 Å². The Bertz CT molecular complexity index is 774. The van der Waals surface area contributed by atoms with Gasteiger partial charge in [-0.2, -0.15) is 0 Å². The van der Waals surface area contributed by atoms with Gasteiger partial charge in [-0.15, -0.1) is 0 Å². The molecule has 0 radical (unpaired) electrons. The van der Waals surface area contributed by atoms with Crippen LogP contribution in [0.4, 0.5) is 22.1 Å². The SMILES string of the molecule is CC(C)(C)c1cc(NC(=O)Nc2ccc3c(c2)NC(=O)C3)on1. The van der Waals surface area contributed by atoms with Crippen molar-refractivity contribution < 1.29 is 14.1 Å². The Labute approximate surface area is 133 Å². The molecule has 120 valence electrons. The quantitative estimate of drug-likeness (QED) is 0.793. The number of anilines is 3. The van der Waals surface area contributed by atoms with Crippen molar-refractivity contribution in [3.63, 3.8) is 0 Å². The van der Waals surface area contributed by atoms with Crippen LogP contribution in [0.2, 0.25) is 0 Å². The van der Waals surface area contributed by atoms with Gasteiger partial charge < -0.3 is 15.2 Å². The van der Waals surface area contributed by atoms with Gasteiger partial charge in [-0.1, -0.05) is 32.0 Å². The number of benzene rings is 1. The molecule has 0 aliphatic carbocycles. The topological polar surface area (TPSA) is 96.3 Å². The minimum atomic E-state index is -0.439. The summed E-state index contributed by atoms with van der Waals surface area (Å²) >= 11 is 0. The summed E-state index contributed by atoms with van der Waals surface area (Å²) in [4.78, 5) is 23.3. The molecular formula is C16H18N4O3. The lowest BCUT2D eigenvalue weighted by Gasteiger charge is -2.12. The van der Waals surface area contributed by atoms with Gasteiger partial charge in [-0.05, 0) is 17.7 Å². The standard InChI is InChI=1S/C16H18N4O3/c1-16(2,3)12-8-14(23-20-12)19-15(22)17-10-5-4-9-6-13(21)18-11(9)7-10/h4-5,7-8H,6H2,1-3H3,(H,18,21)(H2,17,19,22). The maximum absolute atomic E-state index is 12.0. The molecular weight excluding hydrogens is 296 g/mol. The predicted octanol–water partition coefficient (Wildman–Crippen LogP) is 3.11. The van der Waals surface area contributed by atoms with Gasteiger partial charge in [0.25, 0.3) is 0 Å². The largest absolute Gasteiger partial charge is 0.338 e. The Morgan fingerprint density at radius 1 is 1.26 bits per heavy atom. The van der Waals surface area contributed by atoms with Crippen LogP contribution in [0.25, 0.3) is 0 Å².